The van der Waals surface area contributed by atoms with E-state index >= 15 is 0 Å². The average molecular weight is 324 g/mol. The van der Waals surface area contributed by atoms with Crippen molar-refractivity contribution in [3.05, 3.63) is 28.2 Å². The highest BCUT2D eigenvalue weighted by Crippen LogP contribution is 2.37. The van der Waals surface area contributed by atoms with E-state index in [4.69, 9.17) is 4.74 Å². The lowest BCUT2D eigenvalue weighted by Crippen LogP contribution is -2.28. The first-order valence-corrected chi connectivity index (χ1v) is 6.49. The molecule has 1 N–H and O–H groups in total. The first-order chi connectivity index (χ1) is 8.47. The van der Waals surface area contributed by atoms with Crippen molar-refractivity contribution in [3.8, 4) is 5.75 Å². The van der Waals surface area contributed by atoms with Gasteiger partial charge in [-0.05, 0) is 37.6 Å². The van der Waals surface area contributed by atoms with Gasteiger partial charge in [-0.15, -0.1) is 0 Å². The third kappa shape index (κ3) is 3.38. The van der Waals surface area contributed by atoms with Crippen LogP contribution < -0.4 is 10.1 Å². The van der Waals surface area contributed by atoms with Crippen LogP contribution in [0, 0.1) is 0 Å². The summed E-state index contributed by atoms with van der Waals surface area (Å²) in [6, 6.07) is 4.08. The minimum Gasteiger partial charge on any atom is -0.491 e. The normalized spacial score (nSPS) is 20.1. The summed E-state index contributed by atoms with van der Waals surface area (Å²) in [5, 5.41) is 3.18. The van der Waals surface area contributed by atoms with Crippen LogP contribution >= 0.6 is 15.9 Å². The van der Waals surface area contributed by atoms with Crippen LogP contribution in [0.1, 0.15) is 18.4 Å². The zero-order valence-electron chi connectivity index (χ0n) is 9.56. The molecule has 0 bridgehead atoms. The Kier molecular flexibility index (Phi) is 4.17. The molecular weight excluding hydrogens is 311 g/mol. The average Bonchev–Trinajstić information content (AvgIpc) is 2.79. The molecule has 18 heavy (non-hydrogen) atoms. The second kappa shape index (κ2) is 5.48. The fourth-order valence-corrected chi connectivity index (χ4v) is 2.30. The molecule has 0 aromatic heterocycles. The highest BCUT2D eigenvalue weighted by atomic mass is 79.9. The molecule has 0 radical (unpaired) electrons. The summed E-state index contributed by atoms with van der Waals surface area (Å²) in [4.78, 5) is 0. The quantitative estimate of drug-likeness (QED) is 0.917. The summed E-state index contributed by atoms with van der Waals surface area (Å²) >= 11 is 3.04. The fraction of sp³-hybridized carbons (Fsp3) is 0.500. The minimum absolute atomic E-state index is 0.112. The van der Waals surface area contributed by atoms with Crippen molar-refractivity contribution < 1.29 is 17.9 Å². The molecule has 0 aliphatic carbocycles. The van der Waals surface area contributed by atoms with Crippen molar-refractivity contribution in [2.24, 2.45) is 0 Å². The van der Waals surface area contributed by atoms with E-state index in [1.165, 1.54) is 6.07 Å². The standard InChI is InChI=1S/C12H13BrF3NO/c13-8-3-4-11(10(6-8)12(14,15)16)18-7-9-2-1-5-17-9/h3-4,6,9,17H,1-2,5,7H2. The van der Waals surface area contributed by atoms with Crippen LogP contribution in [0.25, 0.3) is 0 Å². The number of rotatable bonds is 3. The summed E-state index contributed by atoms with van der Waals surface area (Å²) in [5.74, 6) is -0.112. The molecule has 2 nitrogen and oxygen atoms in total. The van der Waals surface area contributed by atoms with Gasteiger partial charge in [0.15, 0.2) is 0 Å². The van der Waals surface area contributed by atoms with Crippen molar-refractivity contribution >= 4 is 15.9 Å². The van der Waals surface area contributed by atoms with Gasteiger partial charge in [0.1, 0.15) is 12.4 Å². The molecule has 0 amide bonds. The maximum atomic E-state index is 12.8. The lowest BCUT2D eigenvalue weighted by Gasteiger charge is -2.16. The highest BCUT2D eigenvalue weighted by molar-refractivity contribution is 9.10. The molecule has 2 rings (SSSR count). The third-order valence-corrected chi connectivity index (χ3v) is 3.34. The first kappa shape index (κ1) is 13.7. The van der Waals surface area contributed by atoms with Gasteiger partial charge in [0.2, 0.25) is 0 Å². The van der Waals surface area contributed by atoms with Gasteiger partial charge in [-0.2, -0.15) is 13.2 Å². The van der Waals surface area contributed by atoms with Crippen molar-refractivity contribution in [2.75, 3.05) is 13.2 Å². The zero-order valence-corrected chi connectivity index (χ0v) is 11.1. The monoisotopic (exact) mass is 323 g/mol. The van der Waals surface area contributed by atoms with Gasteiger partial charge in [0.05, 0.1) is 5.56 Å². The van der Waals surface area contributed by atoms with Gasteiger partial charge < -0.3 is 10.1 Å². The summed E-state index contributed by atoms with van der Waals surface area (Å²) < 4.78 is 44.1. The number of benzene rings is 1. The molecular formula is C12H13BrF3NO. The van der Waals surface area contributed by atoms with Crippen LogP contribution in [-0.4, -0.2) is 19.2 Å². The smallest absolute Gasteiger partial charge is 0.420 e. The number of nitrogens with one attached hydrogen (secondary N) is 1. The summed E-state index contributed by atoms with van der Waals surface area (Å²) in [5.41, 5.74) is -0.741. The number of hydrogen-bond acceptors (Lipinski definition) is 2. The van der Waals surface area contributed by atoms with E-state index < -0.39 is 11.7 Å². The second-order valence-electron chi connectivity index (χ2n) is 4.24. The van der Waals surface area contributed by atoms with Crippen molar-refractivity contribution in [3.63, 3.8) is 0 Å². The molecule has 1 aromatic carbocycles. The van der Waals surface area contributed by atoms with E-state index in [-0.39, 0.29) is 18.4 Å². The highest BCUT2D eigenvalue weighted by Gasteiger charge is 2.34. The molecule has 100 valence electrons. The van der Waals surface area contributed by atoms with Gasteiger partial charge in [-0.25, -0.2) is 0 Å². The van der Waals surface area contributed by atoms with Crippen LogP contribution in [0.4, 0.5) is 13.2 Å². The predicted molar refractivity (Wildman–Crippen MR) is 65.7 cm³/mol. The zero-order chi connectivity index (χ0) is 13.2. The summed E-state index contributed by atoms with van der Waals surface area (Å²) in [6.45, 7) is 1.17. The van der Waals surface area contributed by atoms with Gasteiger partial charge in [0.25, 0.3) is 0 Å². The molecule has 1 aromatic rings. The van der Waals surface area contributed by atoms with Crippen LogP contribution in [0.15, 0.2) is 22.7 Å². The molecule has 1 unspecified atom stereocenters. The van der Waals surface area contributed by atoms with E-state index in [2.05, 4.69) is 21.2 Å². The molecule has 1 aliphatic rings. The number of hydrogen-bond donors (Lipinski definition) is 1. The van der Waals surface area contributed by atoms with Crippen molar-refractivity contribution in [1.82, 2.24) is 5.32 Å². The first-order valence-electron chi connectivity index (χ1n) is 5.70. The molecule has 1 heterocycles. The summed E-state index contributed by atoms with van der Waals surface area (Å²) in [6.07, 6.45) is -2.42. The van der Waals surface area contributed by atoms with Gasteiger partial charge in [-0.3, -0.25) is 0 Å². The SMILES string of the molecule is FC(F)(F)c1cc(Br)ccc1OCC1CCCN1. The van der Waals surface area contributed by atoms with Gasteiger partial charge in [-0.1, -0.05) is 15.9 Å². The Hall–Kier alpha value is -0.750. The Balaban J connectivity index is 2.11. The molecule has 0 spiro atoms. The van der Waals surface area contributed by atoms with E-state index in [1.807, 2.05) is 0 Å². The number of alkyl halides is 3. The Morgan fingerprint density at radius 1 is 1.39 bits per heavy atom. The molecule has 1 saturated heterocycles. The van der Waals surface area contributed by atoms with E-state index in [1.54, 1.807) is 6.07 Å². The lowest BCUT2D eigenvalue weighted by molar-refractivity contribution is -0.139. The Labute approximate surface area is 112 Å². The second-order valence-corrected chi connectivity index (χ2v) is 5.16. The maximum absolute atomic E-state index is 12.8. The van der Waals surface area contributed by atoms with E-state index in [0.29, 0.717) is 4.47 Å². The third-order valence-electron chi connectivity index (χ3n) is 2.85. The fourth-order valence-electron chi connectivity index (χ4n) is 1.94. The van der Waals surface area contributed by atoms with Crippen LogP contribution in [-0.2, 0) is 6.18 Å². The lowest BCUT2D eigenvalue weighted by atomic mass is 10.2. The van der Waals surface area contributed by atoms with Crippen LogP contribution in [0.2, 0.25) is 0 Å². The Bertz CT molecular complexity index is 416. The van der Waals surface area contributed by atoms with Gasteiger partial charge >= 0.3 is 6.18 Å². The van der Waals surface area contributed by atoms with Gasteiger partial charge in [0, 0.05) is 10.5 Å². The van der Waals surface area contributed by atoms with E-state index in [9.17, 15) is 13.2 Å². The Morgan fingerprint density at radius 2 is 2.17 bits per heavy atom. The molecule has 1 atom stereocenters. The molecule has 0 saturated carbocycles. The molecule has 6 heteroatoms. The minimum atomic E-state index is -4.40. The van der Waals surface area contributed by atoms with Crippen LogP contribution in [0.5, 0.6) is 5.75 Å². The van der Waals surface area contributed by atoms with E-state index in [0.717, 1.165) is 25.5 Å². The largest absolute Gasteiger partial charge is 0.491 e. The Morgan fingerprint density at radius 3 is 2.78 bits per heavy atom. The number of halogens is 4. The maximum Gasteiger partial charge on any atom is 0.420 e. The number of ether oxygens (including phenoxy) is 1. The van der Waals surface area contributed by atoms with Crippen LogP contribution in [0.3, 0.4) is 0 Å². The molecule has 1 aliphatic heterocycles. The molecule has 1 fully saturated rings. The predicted octanol–water partition coefficient (Wildman–Crippen LogP) is 3.60. The topological polar surface area (TPSA) is 21.3 Å². The summed E-state index contributed by atoms with van der Waals surface area (Å²) in [7, 11) is 0. The van der Waals surface area contributed by atoms with Crippen molar-refractivity contribution in [1.29, 1.82) is 0 Å². The van der Waals surface area contributed by atoms with Crippen molar-refractivity contribution in [2.45, 2.75) is 25.1 Å².